The molecule has 0 saturated carbocycles. The van der Waals surface area contributed by atoms with Crippen molar-refractivity contribution in [2.75, 3.05) is 20.3 Å². The Morgan fingerprint density at radius 2 is 2.00 bits per heavy atom. The third-order valence-electron chi connectivity index (χ3n) is 3.10. The summed E-state index contributed by atoms with van der Waals surface area (Å²) in [5.74, 6) is 0.864. The molecule has 1 N–H and O–H groups in total. The lowest BCUT2D eigenvalue weighted by atomic mass is 10.1. The quantitative estimate of drug-likeness (QED) is 0.756. The molecule has 1 unspecified atom stereocenters. The zero-order valence-electron chi connectivity index (χ0n) is 13.8. The van der Waals surface area contributed by atoms with Crippen molar-refractivity contribution < 1.29 is 9.47 Å². The summed E-state index contributed by atoms with van der Waals surface area (Å²) < 4.78 is 12.2. The number of hydrogen-bond donors (Lipinski definition) is 1. The van der Waals surface area contributed by atoms with Crippen LogP contribution in [0.4, 0.5) is 0 Å². The van der Waals surface area contributed by atoms with Crippen molar-refractivity contribution in [3.05, 3.63) is 28.2 Å². The molecule has 4 heteroatoms. The summed E-state index contributed by atoms with van der Waals surface area (Å²) in [5.41, 5.74) is 1.17. The van der Waals surface area contributed by atoms with E-state index in [0.29, 0.717) is 12.6 Å². The molecule has 0 spiro atoms. The number of rotatable bonds is 8. The Labute approximate surface area is 137 Å². The van der Waals surface area contributed by atoms with E-state index in [0.717, 1.165) is 29.6 Å². The first-order chi connectivity index (χ1) is 9.85. The van der Waals surface area contributed by atoms with Crippen LogP contribution in [0.15, 0.2) is 22.7 Å². The Hall–Kier alpha value is -0.580. The van der Waals surface area contributed by atoms with Gasteiger partial charge in [0.2, 0.25) is 0 Å². The van der Waals surface area contributed by atoms with Gasteiger partial charge in [-0.3, -0.25) is 0 Å². The van der Waals surface area contributed by atoms with Gasteiger partial charge in [0.15, 0.2) is 0 Å². The minimum atomic E-state index is -0.105. The average molecular weight is 358 g/mol. The first-order valence-corrected chi connectivity index (χ1v) is 8.34. The number of benzene rings is 1. The fourth-order valence-electron chi connectivity index (χ4n) is 2.01. The Morgan fingerprint density at radius 1 is 1.29 bits per heavy atom. The molecule has 0 aromatic heterocycles. The molecule has 0 aliphatic carbocycles. The van der Waals surface area contributed by atoms with Crippen molar-refractivity contribution in [1.29, 1.82) is 0 Å². The van der Waals surface area contributed by atoms with E-state index in [-0.39, 0.29) is 5.60 Å². The summed E-state index contributed by atoms with van der Waals surface area (Å²) in [5, 5.41) is 3.57. The van der Waals surface area contributed by atoms with Crippen LogP contribution < -0.4 is 10.1 Å². The van der Waals surface area contributed by atoms with E-state index in [1.54, 1.807) is 7.11 Å². The monoisotopic (exact) mass is 357 g/mol. The highest BCUT2D eigenvalue weighted by atomic mass is 79.9. The van der Waals surface area contributed by atoms with Gasteiger partial charge in [0.25, 0.3) is 0 Å². The summed E-state index contributed by atoms with van der Waals surface area (Å²) in [6.45, 7) is 10.2. The molecular formula is C17H28BrNO2. The second-order valence-corrected chi connectivity index (χ2v) is 7.10. The predicted octanol–water partition coefficient (Wildman–Crippen LogP) is 4.18. The van der Waals surface area contributed by atoms with Gasteiger partial charge in [0.1, 0.15) is 5.75 Å². The van der Waals surface area contributed by atoms with E-state index in [1.165, 1.54) is 5.56 Å². The lowest BCUT2D eigenvalue weighted by Crippen LogP contribution is -2.38. The second-order valence-electron chi connectivity index (χ2n) is 6.25. The summed E-state index contributed by atoms with van der Waals surface area (Å²) in [4.78, 5) is 0. The summed E-state index contributed by atoms with van der Waals surface area (Å²) in [7, 11) is 1.68. The van der Waals surface area contributed by atoms with Gasteiger partial charge in [-0.25, -0.2) is 0 Å². The van der Waals surface area contributed by atoms with E-state index < -0.39 is 0 Å². The van der Waals surface area contributed by atoms with Crippen LogP contribution in [0, 0.1) is 0 Å². The minimum Gasteiger partial charge on any atom is -0.496 e. The third kappa shape index (κ3) is 7.30. The maximum atomic E-state index is 5.94. The summed E-state index contributed by atoms with van der Waals surface area (Å²) >= 11 is 3.54. The number of nitrogens with one attached hydrogen (secondary N) is 1. The molecule has 21 heavy (non-hydrogen) atoms. The topological polar surface area (TPSA) is 30.5 Å². The highest BCUT2D eigenvalue weighted by molar-refractivity contribution is 9.10. The van der Waals surface area contributed by atoms with E-state index in [2.05, 4.69) is 61.1 Å². The lowest BCUT2D eigenvalue weighted by molar-refractivity contribution is -0.0143. The maximum absolute atomic E-state index is 5.94. The molecule has 1 aromatic rings. The van der Waals surface area contributed by atoms with Gasteiger partial charge in [-0.1, -0.05) is 13.0 Å². The molecule has 1 atom stereocenters. The first-order valence-electron chi connectivity index (χ1n) is 7.55. The Kier molecular flexibility index (Phi) is 7.71. The highest BCUT2D eigenvalue weighted by Crippen LogP contribution is 2.26. The SMILES string of the molecule is CCCNC(COC(C)(C)C)Cc1ccc(OC)c(Br)c1. The average Bonchev–Trinajstić information content (AvgIpc) is 2.41. The molecule has 1 rings (SSSR count). The van der Waals surface area contributed by atoms with E-state index in [9.17, 15) is 0 Å². The van der Waals surface area contributed by atoms with Crippen LogP contribution in [0.5, 0.6) is 5.75 Å². The van der Waals surface area contributed by atoms with Crippen LogP contribution in [0.2, 0.25) is 0 Å². The van der Waals surface area contributed by atoms with Crippen LogP contribution in [-0.4, -0.2) is 31.9 Å². The standard InChI is InChI=1S/C17H28BrNO2/c1-6-9-19-14(12-21-17(2,3)4)10-13-7-8-16(20-5)15(18)11-13/h7-8,11,14,19H,6,9-10,12H2,1-5H3. The molecule has 120 valence electrons. The molecule has 0 radical (unpaired) electrons. The smallest absolute Gasteiger partial charge is 0.133 e. The number of ether oxygens (including phenoxy) is 2. The van der Waals surface area contributed by atoms with Crippen molar-refractivity contribution in [2.24, 2.45) is 0 Å². The van der Waals surface area contributed by atoms with Crippen LogP contribution in [-0.2, 0) is 11.2 Å². The molecule has 3 nitrogen and oxygen atoms in total. The molecule has 0 aliphatic rings. The molecular weight excluding hydrogens is 330 g/mol. The van der Waals surface area contributed by atoms with Crippen molar-refractivity contribution in [1.82, 2.24) is 5.32 Å². The summed E-state index contributed by atoms with van der Waals surface area (Å²) in [6, 6.07) is 6.56. The fraction of sp³-hybridized carbons (Fsp3) is 0.647. The van der Waals surface area contributed by atoms with Crippen LogP contribution >= 0.6 is 15.9 Å². The van der Waals surface area contributed by atoms with Crippen molar-refractivity contribution in [3.8, 4) is 5.75 Å². The normalized spacial score (nSPS) is 13.2. The molecule has 0 heterocycles. The third-order valence-corrected chi connectivity index (χ3v) is 3.72. The Balaban J connectivity index is 2.68. The van der Waals surface area contributed by atoms with E-state index >= 15 is 0 Å². The fourth-order valence-corrected chi connectivity index (χ4v) is 2.60. The molecule has 0 fully saturated rings. The Morgan fingerprint density at radius 3 is 2.52 bits per heavy atom. The molecule has 0 aliphatic heterocycles. The number of halogens is 1. The number of methoxy groups -OCH3 is 1. The predicted molar refractivity (Wildman–Crippen MR) is 92.2 cm³/mol. The Bertz CT molecular complexity index is 429. The largest absolute Gasteiger partial charge is 0.496 e. The molecule has 0 amide bonds. The van der Waals surface area contributed by atoms with Crippen molar-refractivity contribution >= 4 is 15.9 Å². The number of hydrogen-bond acceptors (Lipinski definition) is 3. The van der Waals surface area contributed by atoms with Gasteiger partial charge in [0, 0.05) is 6.04 Å². The highest BCUT2D eigenvalue weighted by Gasteiger charge is 2.16. The van der Waals surface area contributed by atoms with Gasteiger partial charge in [-0.15, -0.1) is 0 Å². The molecule has 1 aromatic carbocycles. The zero-order chi connectivity index (χ0) is 15.9. The van der Waals surface area contributed by atoms with Gasteiger partial charge >= 0.3 is 0 Å². The van der Waals surface area contributed by atoms with E-state index in [1.807, 2.05) is 6.07 Å². The van der Waals surface area contributed by atoms with Gasteiger partial charge in [-0.2, -0.15) is 0 Å². The van der Waals surface area contributed by atoms with E-state index in [4.69, 9.17) is 9.47 Å². The van der Waals surface area contributed by atoms with Gasteiger partial charge in [0.05, 0.1) is 23.8 Å². The maximum Gasteiger partial charge on any atom is 0.133 e. The zero-order valence-corrected chi connectivity index (χ0v) is 15.4. The van der Waals surface area contributed by atoms with Gasteiger partial charge in [-0.05, 0) is 73.8 Å². The van der Waals surface area contributed by atoms with Crippen molar-refractivity contribution in [3.63, 3.8) is 0 Å². The van der Waals surface area contributed by atoms with Crippen LogP contribution in [0.25, 0.3) is 0 Å². The minimum absolute atomic E-state index is 0.105. The van der Waals surface area contributed by atoms with Crippen molar-refractivity contribution in [2.45, 2.75) is 52.2 Å². The molecule has 0 bridgehead atoms. The first kappa shape index (κ1) is 18.5. The van der Waals surface area contributed by atoms with Crippen LogP contribution in [0.3, 0.4) is 0 Å². The second kappa shape index (κ2) is 8.76. The lowest BCUT2D eigenvalue weighted by Gasteiger charge is -2.25. The van der Waals surface area contributed by atoms with Gasteiger partial charge < -0.3 is 14.8 Å². The van der Waals surface area contributed by atoms with Crippen LogP contribution in [0.1, 0.15) is 39.7 Å². The molecule has 0 saturated heterocycles. The summed E-state index contributed by atoms with van der Waals surface area (Å²) in [6.07, 6.45) is 2.07.